The van der Waals surface area contributed by atoms with Crippen molar-refractivity contribution in [1.29, 1.82) is 0 Å². The van der Waals surface area contributed by atoms with E-state index in [0.29, 0.717) is 0 Å². The quantitative estimate of drug-likeness (QED) is 0.0346. The van der Waals surface area contributed by atoms with Gasteiger partial charge in [-0.3, -0.25) is 0 Å². The molecule has 0 N–H and O–H groups in total. The molecular formula is C52H112MoN2O4. The molecule has 0 heterocycles. The van der Waals surface area contributed by atoms with Crippen LogP contribution < -0.4 is 7.52 Å². The average molecular weight is 925 g/mol. The fourth-order valence-electron chi connectivity index (χ4n) is 8.33. The number of unbranched alkanes of at least 4 members (excludes halogenated alkanes) is 36. The Hall–Kier alpha value is 0.128. The Balaban J connectivity index is -0.000000951. The first-order valence-corrected chi connectivity index (χ1v) is 29.8. The van der Waals surface area contributed by atoms with Gasteiger partial charge >= 0.3 is 31.1 Å². The monoisotopic (exact) mass is 927 g/mol. The summed E-state index contributed by atoms with van der Waals surface area (Å²) in [7, 11) is 9.78. The van der Waals surface area contributed by atoms with Crippen LogP contribution >= 0.6 is 0 Å². The van der Waals surface area contributed by atoms with Gasteiger partial charge in [0.05, 0.1) is 54.4 Å². The first-order chi connectivity index (χ1) is 28.2. The predicted molar refractivity (Wildman–Crippen MR) is 252 cm³/mol. The van der Waals surface area contributed by atoms with E-state index in [9.17, 15) is 0 Å². The number of quaternary nitrogens is 2. The second kappa shape index (κ2) is 49.1. The summed E-state index contributed by atoms with van der Waals surface area (Å²) in [6.45, 7) is 14.7. The maximum absolute atomic E-state index is 8.63. The van der Waals surface area contributed by atoms with Crippen LogP contribution in [0.25, 0.3) is 0 Å². The number of rotatable bonds is 44. The van der Waals surface area contributed by atoms with Crippen molar-refractivity contribution in [2.24, 2.45) is 0 Å². The van der Waals surface area contributed by atoms with Crippen molar-refractivity contribution in [3.63, 3.8) is 0 Å². The summed E-state index contributed by atoms with van der Waals surface area (Å²) in [5.74, 6) is 0. The van der Waals surface area contributed by atoms with Crippen LogP contribution in [0.2, 0.25) is 0 Å². The molecule has 0 aliphatic rings. The molecule has 0 aliphatic heterocycles. The normalized spacial score (nSPS) is 12.0. The number of nitrogens with zero attached hydrogens (tertiary/aromatic N) is 2. The van der Waals surface area contributed by atoms with Crippen molar-refractivity contribution in [3.05, 3.63) is 0 Å². The van der Waals surface area contributed by atoms with E-state index < -0.39 is 16.7 Å². The molecule has 0 aromatic rings. The first kappa shape index (κ1) is 63.4. The summed E-state index contributed by atoms with van der Waals surface area (Å²) in [6, 6.07) is 0. The zero-order valence-corrected chi connectivity index (χ0v) is 44.1. The van der Waals surface area contributed by atoms with Gasteiger partial charge < -0.3 is 8.97 Å². The van der Waals surface area contributed by atoms with Gasteiger partial charge in [0.15, 0.2) is 0 Å². The van der Waals surface area contributed by atoms with Crippen LogP contribution in [-0.2, 0) is 23.5 Å². The third-order valence-electron chi connectivity index (χ3n) is 12.5. The SMILES string of the molecule is CCCCCCCCCCCC[N+](C)(C)CCCCCCCCCCCC.CCCCCCCCCCCC[N+](C)(C)CCCCCCCCCCCC.[O]=[Mo](=[O])([O-])[O-]. The molecule has 6 nitrogen and oxygen atoms in total. The van der Waals surface area contributed by atoms with Gasteiger partial charge in [0.25, 0.3) is 0 Å². The zero-order chi connectivity index (χ0) is 44.6. The molecule has 0 rings (SSSR count). The second-order valence-electron chi connectivity index (χ2n) is 19.9. The van der Waals surface area contributed by atoms with Crippen LogP contribution in [0.1, 0.15) is 285 Å². The van der Waals surface area contributed by atoms with E-state index >= 15 is 0 Å². The molecule has 0 aromatic carbocycles. The van der Waals surface area contributed by atoms with E-state index in [-0.39, 0.29) is 0 Å². The van der Waals surface area contributed by atoms with E-state index in [1.807, 2.05) is 0 Å². The van der Waals surface area contributed by atoms with Gasteiger partial charge in [0.1, 0.15) is 0 Å². The molecule has 0 amide bonds. The van der Waals surface area contributed by atoms with E-state index in [1.54, 1.807) is 0 Å². The van der Waals surface area contributed by atoms with Gasteiger partial charge in [-0.2, -0.15) is 0 Å². The van der Waals surface area contributed by atoms with E-state index in [1.165, 1.54) is 292 Å². The molecule has 0 unspecified atom stereocenters. The predicted octanol–water partition coefficient (Wildman–Crippen LogP) is 15.2. The topological polar surface area (TPSA) is 80.3 Å². The minimum absolute atomic E-state index is 1.24. The van der Waals surface area contributed by atoms with Gasteiger partial charge in [0.2, 0.25) is 0 Å². The van der Waals surface area contributed by atoms with Crippen molar-refractivity contribution in [3.8, 4) is 0 Å². The van der Waals surface area contributed by atoms with Crippen molar-refractivity contribution < 1.29 is 40.0 Å². The Labute approximate surface area is 377 Å². The summed E-state index contributed by atoms with van der Waals surface area (Å²) in [4.78, 5) is 0. The van der Waals surface area contributed by atoms with Gasteiger partial charge in [-0.15, -0.1) is 0 Å². The molecule has 0 radical (unpaired) electrons. The molecule has 0 fully saturated rings. The Bertz CT molecular complexity index is 764. The summed E-state index contributed by atoms with van der Waals surface area (Å²) in [6.07, 6.45) is 58.0. The van der Waals surface area contributed by atoms with Crippen LogP contribution in [0, 0.1) is 0 Å². The van der Waals surface area contributed by atoms with Crippen molar-refractivity contribution in [2.45, 2.75) is 285 Å². The van der Waals surface area contributed by atoms with E-state index in [0.717, 1.165) is 0 Å². The van der Waals surface area contributed by atoms with Crippen LogP contribution in [-0.4, -0.2) is 63.3 Å². The molecule has 0 spiro atoms. The second-order valence-corrected chi connectivity index (χ2v) is 21.9. The van der Waals surface area contributed by atoms with Gasteiger partial charge in [-0.1, -0.05) is 233 Å². The number of hydrogen-bond donors (Lipinski definition) is 0. The standard InChI is InChI=1S/2C26H56N.Mo.4O/c2*1-5-7-9-11-13-15-17-19-21-23-25-27(3,4)26-24-22-20-18-16-14-12-10-8-6-2;;;;;/h2*5-26H2,1-4H3;;;;;/q2*+1;;;;2*-1. The third-order valence-corrected chi connectivity index (χ3v) is 12.5. The minimum atomic E-state index is -6.02. The molecule has 0 aromatic heterocycles. The molecular weight excluding hydrogens is 813 g/mol. The Morgan fingerprint density at radius 2 is 0.356 bits per heavy atom. The van der Waals surface area contributed by atoms with Crippen LogP contribution in [0.5, 0.6) is 0 Å². The average Bonchev–Trinajstić information content (AvgIpc) is 3.17. The Kier molecular flexibility index (Phi) is 52.8. The Morgan fingerprint density at radius 1 is 0.254 bits per heavy atom. The molecule has 0 saturated heterocycles. The van der Waals surface area contributed by atoms with Gasteiger partial charge in [-0.25, -0.2) is 0 Å². The molecule has 0 bridgehead atoms. The zero-order valence-electron chi connectivity index (χ0n) is 42.0. The fraction of sp³-hybridized carbons (Fsp3) is 1.00. The van der Waals surface area contributed by atoms with Crippen LogP contribution in [0.4, 0.5) is 0 Å². The summed E-state index contributed by atoms with van der Waals surface area (Å²) < 4.78 is 37.0. The summed E-state index contributed by atoms with van der Waals surface area (Å²) in [5.41, 5.74) is 0. The van der Waals surface area contributed by atoms with Crippen molar-refractivity contribution >= 4 is 0 Å². The molecule has 360 valence electrons. The Morgan fingerprint density at radius 3 is 0.475 bits per heavy atom. The first-order valence-electron chi connectivity index (χ1n) is 26.5. The molecule has 59 heavy (non-hydrogen) atoms. The maximum atomic E-state index is 8.63. The number of hydrogen-bond acceptors (Lipinski definition) is 4. The van der Waals surface area contributed by atoms with E-state index in [4.69, 9.17) is 14.3 Å². The summed E-state index contributed by atoms with van der Waals surface area (Å²) >= 11 is -6.02. The molecule has 0 atom stereocenters. The van der Waals surface area contributed by atoms with Crippen LogP contribution in [0.15, 0.2) is 0 Å². The molecule has 0 saturated carbocycles. The fourth-order valence-corrected chi connectivity index (χ4v) is 8.33. The molecule has 7 heteroatoms. The van der Waals surface area contributed by atoms with Gasteiger partial charge in [-0.05, 0) is 51.4 Å². The van der Waals surface area contributed by atoms with E-state index in [2.05, 4.69) is 55.9 Å². The van der Waals surface area contributed by atoms with Crippen molar-refractivity contribution in [1.82, 2.24) is 0 Å². The third kappa shape index (κ3) is 67.4. The van der Waals surface area contributed by atoms with Crippen molar-refractivity contribution in [2.75, 3.05) is 54.4 Å². The summed E-state index contributed by atoms with van der Waals surface area (Å²) in [5, 5.41) is 0. The van der Waals surface area contributed by atoms with Crippen LogP contribution in [0.3, 0.4) is 0 Å². The molecule has 0 aliphatic carbocycles. The van der Waals surface area contributed by atoms with Gasteiger partial charge in [0, 0.05) is 0 Å².